The summed E-state index contributed by atoms with van der Waals surface area (Å²) in [6, 6.07) is 5.34. The monoisotopic (exact) mass is 318 g/mol. The molecule has 0 saturated carbocycles. The van der Waals surface area contributed by atoms with E-state index in [4.69, 9.17) is 0 Å². The Labute approximate surface area is 124 Å². The van der Waals surface area contributed by atoms with Gasteiger partial charge in [0.1, 0.15) is 5.82 Å². The first-order valence-corrected chi connectivity index (χ1v) is 7.79. The highest BCUT2D eigenvalue weighted by Crippen LogP contribution is 2.20. The van der Waals surface area contributed by atoms with Gasteiger partial charge in [0.2, 0.25) is 0 Å². The summed E-state index contributed by atoms with van der Waals surface area (Å²) >= 11 is 0. The van der Waals surface area contributed by atoms with Crippen LogP contribution < -0.4 is 4.31 Å². The predicted molar refractivity (Wildman–Crippen MR) is 77.6 cm³/mol. The van der Waals surface area contributed by atoms with Gasteiger partial charge in [-0.2, -0.15) is 12.7 Å². The van der Waals surface area contributed by atoms with Gasteiger partial charge in [-0.25, -0.2) is 4.39 Å². The Bertz CT molecular complexity index is 592. The van der Waals surface area contributed by atoms with Crippen LogP contribution in [0.3, 0.4) is 0 Å². The number of carbonyl (C=O) groups excluding carboxylic acids is 1. The maximum absolute atomic E-state index is 13.3. The zero-order chi connectivity index (χ0) is 16.0. The summed E-state index contributed by atoms with van der Waals surface area (Å²) in [5.74, 6) is -1.01. The average Bonchev–Trinajstić information content (AvgIpc) is 2.44. The molecular weight excluding hydrogens is 299 g/mol. The zero-order valence-electron chi connectivity index (χ0n) is 12.2. The van der Waals surface area contributed by atoms with Gasteiger partial charge in [0.25, 0.3) is 0 Å². The molecule has 0 bridgehead atoms. The number of anilines is 1. The van der Waals surface area contributed by atoms with Gasteiger partial charge in [0.15, 0.2) is 0 Å². The average molecular weight is 318 g/mol. The molecule has 1 rings (SSSR count). The van der Waals surface area contributed by atoms with Crippen LogP contribution in [0.15, 0.2) is 24.3 Å². The van der Waals surface area contributed by atoms with Crippen LogP contribution in [-0.2, 0) is 19.7 Å². The van der Waals surface area contributed by atoms with Crippen molar-refractivity contribution < 1.29 is 22.3 Å². The molecule has 1 aromatic carbocycles. The first kappa shape index (κ1) is 17.4. The molecule has 118 valence electrons. The molecule has 0 aromatic heterocycles. The Kier molecular flexibility index (Phi) is 6.10. The van der Waals surface area contributed by atoms with Crippen molar-refractivity contribution >= 4 is 21.9 Å². The second-order valence-corrected chi connectivity index (χ2v) is 6.26. The Morgan fingerprint density at radius 2 is 2.05 bits per heavy atom. The molecule has 8 heteroatoms. The van der Waals surface area contributed by atoms with E-state index in [-0.39, 0.29) is 25.2 Å². The van der Waals surface area contributed by atoms with Crippen LogP contribution >= 0.6 is 0 Å². The first-order chi connectivity index (χ1) is 9.82. The van der Waals surface area contributed by atoms with Crippen LogP contribution in [-0.4, -0.2) is 45.9 Å². The number of esters is 1. The van der Waals surface area contributed by atoms with Crippen molar-refractivity contribution in [1.29, 1.82) is 0 Å². The lowest BCUT2D eigenvalue weighted by molar-refractivity contribution is -0.140. The van der Waals surface area contributed by atoms with Crippen LogP contribution in [0.2, 0.25) is 0 Å². The second kappa shape index (κ2) is 7.37. The molecule has 0 aliphatic carbocycles. The van der Waals surface area contributed by atoms with Gasteiger partial charge in [-0.05, 0) is 25.1 Å². The number of rotatable bonds is 7. The van der Waals surface area contributed by atoms with Crippen molar-refractivity contribution in [3.8, 4) is 0 Å². The highest BCUT2D eigenvalue weighted by atomic mass is 32.2. The van der Waals surface area contributed by atoms with E-state index in [1.165, 1.54) is 32.4 Å². The standard InChI is InChI=1S/C13H19FN2O4S/c1-4-16(12-7-5-6-11(14)10-12)21(18,19)15(2)9-8-13(17)20-3/h5-7,10H,4,8-9H2,1-3H3. The van der Waals surface area contributed by atoms with Gasteiger partial charge in [-0.15, -0.1) is 0 Å². The van der Waals surface area contributed by atoms with E-state index in [2.05, 4.69) is 4.74 Å². The van der Waals surface area contributed by atoms with E-state index < -0.39 is 22.0 Å². The fraction of sp³-hybridized carbons (Fsp3) is 0.462. The topological polar surface area (TPSA) is 66.9 Å². The van der Waals surface area contributed by atoms with Gasteiger partial charge in [0, 0.05) is 20.1 Å². The smallest absolute Gasteiger partial charge is 0.306 e. The molecule has 0 atom stereocenters. The van der Waals surface area contributed by atoms with Crippen molar-refractivity contribution in [2.45, 2.75) is 13.3 Å². The minimum absolute atomic E-state index is 0.0131. The predicted octanol–water partition coefficient (Wildman–Crippen LogP) is 1.39. The molecule has 0 unspecified atom stereocenters. The summed E-state index contributed by atoms with van der Waals surface area (Å²) < 4.78 is 44.8. The Morgan fingerprint density at radius 1 is 1.38 bits per heavy atom. The third kappa shape index (κ3) is 4.40. The molecular formula is C13H19FN2O4S. The van der Waals surface area contributed by atoms with Crippen LogP contribution in [0.4, 0.5) is 10.1 Å². The fourth-order valence-electron chi connectivity index (χ4n) is 1.74. The maximum Gasteiger partial charge on any atom is 0.306 e. The molecule has 0 aliphatic rings. The summed E-state index contributed by atoms with van der Waals surface area (Å²) in [4.78, 5) is 11.1. The van der Waals surface area contributed by atoms with Gasteiger partial charge in [-0.1, -0.05) is 6.07 Å². The van der Waals surface area contributed by atoms with Crippen molar-refractivity contribution in [1.82, 2.24) is 4.31 Å². The van der Waals surface area contributed by atoms with E-state index >= 15 is 0 Å². The molecule has 0 heterocycles. The Morgan fingerprint density at radius 3 is 2.57 bits per heavy atom. The van der Waals surface area contributed by atoms with E-state index in [1.54, 1.807) is 6.92 Å². The minimum atomic E-state index is -3.83. The van der Waals surface area contributed by atoms with Gasteiger partial charge in [-0.3, -0.25) is 9.10 Å². The maximum atomic E-state index is 13.3. The number of hydrogen-bond donors (Lipinski definition) is 0. The number of methoxy groups -OCH3 is 1. The number of hydrogen-bond acceptors (Lipinski definition) is 4. The lowest BCUT2D eigenvalue weighted by Gasteiger charge is -2.28. The molecule has 0 spiro atoms. The summed E-state index contributed by atoms with van der Waals surface area (Å²) in [7, 11) is -1.23. The van der Waals surface area contributed by atoms with Crippen LogP contribution in [0.5, 0.6) is 0 Å². The van der Waals surface area contributed by atoms with Crippen molar-refractivity contribution in [3.05, 3.63) is 30.1 Å². The SMILES string of the molecule is CCN(c1cccc(F)c1)S(=O)(=O)N(C)CCC(=O)OC. The summed E-state index contributed by atoms with van der Waals surface area (Å²) in [6.45, 7) is 1.78. The Balaban J connectivity index is 2.94. The third-order valence-electron chi connectivity index (χ3n) is 2.91. The zero-order valence-corrected chi connectivity index (χ0v) is 13.1. The van der Waals surface area contributed by atoms with Crippen molar-refractivity contribution in [2.75, 3.05) is 31.6 Å². The van der Waals surface area contributed by atoms with Crippen molar-refractivity contribution in [2.24, 2.45) is 0 Å². The number of carbonyl (C=O) groups is 1. The van der Waals surface area contributed by atoms with Crippen LogP contribution in [0.25, 0.3) is 0 Å². The summed E-state index contributed by atoms with van der Waals surface area (Å²) in [6.07, 6.45) is -0.0487. The molecule has 0 N–H and O–H groups in total. The fourth-order valence-corrected chi connectivity index (χ4v) is 3.11. The molecule has 0 aliphatic heterocycles. The molecule has 0 amide bonds. The molecule has 0 saturated heterocycles. The second-order valence-electron chi connectivity index (χ2n) is 4.30. The number of nitrogens with zero attached hydrogens (tertiary/aromatic N) is 2. The highest BCUT2D eigenvalue weighted by molar-refractivity contribution is 7.90. The largest absolute Gasteiger partial charge is 0.469 e. The number of halogens is 1. The highest BCUT2D eigenvalue weighted by Gasteiger charge is 2.26. The van der Waals surface area contributed by atoms with E-state index in [0.717, 1.165) is 14.7 Å². The Hall–Kier alpha value is -1.67. The lowest BCUT2D eigenvalue weighted by Crippen LogP contribution is -2.42. The van der Waals surface area contributed by atoms with Gasteiger partial charge in [0.05, 0.1) is 19.2 Å². The number of ether oxygens (including phenoxy) is 1. The molecule has 1 aromatic rings. The third-order valence-corrected chi connectivity index (χ3v) is 4.91. The molecule has 6 nitrogen and oxygen atoms in total. The van der Waals surface area contributed by atoms with E-state index in [0.29, 0.717) is 0 Å². The van der Waals surface area contributed by atoms with E-state index in [9.17, 15) is 17.6 Å². The summed E-state index contributed by atoms with van der Waals surface area (Å²) in [5, 5.41) is 0. The quantitative estimate of drug-likeness (QED) is 0.713. The molecule has 0 fully saturated rings. The van der Waals surface area contributed by atoms with Crippen LogP contribution in [0, 0.1) is 5.82 Å². The first-order valence-electron chi connectivity index (χ1n) is 6.39. The van der Waals surface area contributed by atoms with E-state index in [1.807, 2.05) is 0 Å². The molecule has 21 heavy (non-hydrogen) atoms. The van der Waals surface area contributed by atoms with Gasteiger partial charge < -0.3 is 4.74 Å². The number of benzene rings is 1. The minimum Gasteiger partial charge on any atom is -0.469 e. The van der Waals surface area contributed by atoms with Crippen LogP contribution in [0.1, 0.15) is 13.3 Å². The molecule has 0 radical (unpaired) electrons. The lowest BCUT2D eigenvalue weighted by atomic mass is 10.3. The van der Waals surface area contributed by atoms with Crippen molar-refractivity contribution in [3.63, 3.8) is 0 Å². The summed E-state index contributed by atoms with van der Waals surface area (Å²) in [5.41, 5.74) is 0.238. The normalized spacial score (nSPS) is 11.5. The van der Waals surface area contributed by atoms with Gasteiger partial charge >= 0.3 is 16.2 Å².